The molecule has 1 heterocycles. The summed E-state index contributed by atoms with van der Waals surface area (Å²) < 4.78 is 2.19. The highest BCUT2D eigenvalue weighted by molar-refractivity contribution is 7.73. The van der Waals surface area contributed by atoms with Crippen molar-refractivity contribution in [2.24, 2.45) is 5.41 Å². The summed E-state index contributed by atoms with van der Waals surface area (Å²) in [4.78, 5) is 0. The van der Waals surface area contributed by atoms with Crippen LogP contribution in [0.2, 0.25) is 0 Å². The topological polar surface area (TPSA) is 20.2 Å². The average Bonchev–Trinajstić information content (AvgIpc) is 2.28. The SMILES string of the molecule is CC1(C)Cc2cc3sc(=S)ccc3cc2CC1O. The van der Waals surface area contributed by atoms with Crippen molar-refractivity contribution in [3.05, 3.63) is 39.2 Å². The molecular weight excluding hydrogens is 260 g/mol. The van der Waals surface area contributed by atoms with Crippen molar-refractivity contribution >= 4 is 33.6 Å². The fourth-order valence-corrected chi connectivity index (χ4v) is 3.79. The molecule has 2 aromatic rings. The zero-order valence-electron chi connectivity index (χ0n) is 10.6. The molecule has 18 heavy (non-hydrogen) atoms. The molecule has 3 rings (SSSR count). The molecule has 1 aromatic carbocycles. The van der Waals surface area contributed by atoms with E-state index in [0.29, 0.717) is 0 Å². The highest BCUT2D eigenvalue weighted by Crippen LogP contribution is 2.37. The van der Waals surface area contributed by atoms with Gasteiger partial charge in [0.25, 0.3) is 0 Å². The second kappa shape index (κ2) is 4.12. The lowest BCUT2D eigenvalue weighted by atomic mass is 9.72. The molecule has 0 saturated heterocycles. The second-order valence-corrected chi connectivity index (χ2v) is 7.58. The Morgan fingerprint density at radius 1 is 1.28 bits per heavy atom. The van der Waals surface area contributed by atoms with Gasteiger partial charge in [0.05, 0.1) is 9.93 Å². The maximum atomic E-state index is 10.2. The van der Waals surface area contributed by atoms with Gasteiger partial charge in [-0.05, 0) is 53.0 Å². The van der Waals surface area contributed by atoms with Crippen LogP contribution in [0.1, 0.15) is 25.0 Å². The lowest BCUT2D eigenvalue weighted by Gasteiger charge is -2.36. The van der Waals surface area contributed by atoms with Gasteiger partial charge in [0.1, 0.15) is 0 Å². The first-order valence-corrected chi connectivity index (χ1v) is 7.42. The summed E-state index contributed by atoms with van der Waals surface area (Å²) in [7, 11) is 0. The van der Waals surface area contributed by atoms with Crippen molar-refractivity contribution < 1.29 is 5.11 Å². The van der Waals surface area contributed by atoms with Gasteiger partial charge < -0.3 is 5.11 Å². The third-order valence-corrected chi connectivity index (χ3v) is 5.20. The quantitative estimate of drug-likeness (QED) is 0.731. The molecule has 0 saturated carbocycles. The summed E-state index contributed by atoms with van der Waals surface area (Å²) in [6, 6.07) is 8.55. The van der Waals surface area contributed by atoms with Crippen LogP contribution in [-0.4, -0.2) is 11.2 Å². The van der Waals surface area contributed by atoms with Gasteiger partial charge in [0.15, 0.2) is 0 Å². The van der Waals surface area contributed by atoms with E-state index in [-0.39, 0.29) is 11.5 Å². The first-order chi connectivity index (χ1) is 8.45. The van der Waals surface area contributed by atoms with Crippen LogP contribution in [0.25, 0.3) is 10.1 Å². The van der Waals surface area contributed by atoms with E-state index in [1.54, 1.807) is 11.3 Å². The van der Waals surface area contributed by atoms with Gasteiger partial charge in [0, 0.05) is 4.70 Å². The minimum absolute atomic E-state index is 0.0308. The predicted octanol–water partition coefficient (Wildman–Crippen LogP) is 4.12. The molecule has 0 amide bonds. The van der Waals surface area contributed by atoms with Gasteiger partial charge in [-0.1, -0.05) is 32.1 Å². The molecule has 1 N–H and O–H groups in total. The monoisotopic (exact) mass is 276 g/mol. The smallest absolute Gasteiger partial charge is 0.0905 e. The van der Waals surface area contributed by atoms with Crippen molar-refractivity contribution in [2.45, 2.75) is 32.8 Å². The molecule has 1 nitrogen and oxygen atoms in total. The van der Waals surface area contributed by atoms with Crippen molar-refractivity contribution in [1.29, 1.82) is 0 Å². The van der Waals surface area contributed by atoms with Crippen LogP contribution in [0.15, 0.2) is 24.3 Å². The Morgan fingerprint density at radius 2 is 2.06 bits per heavy atom. The first kappa shape index (κ1) is 12.3. The number of aliphatic hydroxyl groups is 1. The van der Waals surface area contributed by atoms with Gasteiger partial charge in [-0.15, -0.1) is 11.3 Å². The Bertz CT molecular complexity index is 670. The molecule has 0 radical (unpaired) electrons. The number of aliphatic hydroxyl groups excluding tert-OH is 1. The molecule has 94 valence electrons. The fraction of sp³-hybridized carbons (Fsp3) is 0.400. The van der Waals surface area contributed by atoms with Crippen LogP contribution in [-0.2, 0) is 12.8 Å². The molecule has 1 aliphatic carbocycles. The van der Waals surface area contributed by atoms with Crippen molar-refractivity contribution in [3.63, 3.8) is 0 Å². The van der Waals surface area contributed by atoms with Crippen LogP contribution in [0.5, 0.6) is 0 Å². The Kier molecular flexibility index (Phi) is 2.81. The lowest BCUT2D eigenvalue weighted by Crippen LogP contribution is -2.37. The molecule has 1 aliphatic rings. The standard InChI is InChI=1S/C15H16OS2/c1-15(2)8-11-6-12-9(3-4-14(17)18-12)5-10(11)7-13(15)16/h3-6,13,16H,7-8H2,1-2H3. The third-order valence-electron chi connectivity index (χ3n) is 3.90. The summed E-state index contributed by atoms with van der Waals surface area (Å²) in [6.07, 6.45) is 1.45. The molecule has 0 bridgehead atoms. The number of rotatable bonds is 0. The minimum Gasteiger partial charge on any atom is -0.392 e. The Hall–Kier alpha value is -0.770. The van der Waals surface area contributed by atoms with Crippen molar-refractivity contribution in [2.75, 3.05) is 0 Å². The molecule has 1 atom stereocenters. The van der Waals surface area contributed by atoms with E-state index in [1.165, 1.54) is 21.2 Å². The van der Waals surface area contributed by atoms with Gasteiger partial charge in [0.2, 0.25) is 0 Å². The van der Waals surface area contributed by atoms with Crippen LogP contribution in [0, 0.1) is 9.24 Å². The molecule has 1 aromatic heterocycles. The summed E-state index contributed by atoms with van der Waals surface area (Å²) >= 11 is 6.90. The maximum Gasteiger partial charge on any atom is 0.0905 e. The van der Waals surface area contributed by atoms with Crippen LogP contribution >= 0.6 is 23.6 Å². The molecule has 3 heteroatoms. The Morgan fingerprint density at radius 3 is 2.83 bits per heavy atom. The van der Waals surface area contributed by atoms with E-state index in [1.807, 2.05) is 6.07 Å². The largest absolute Gasteiger partial charge is 0.392 e. The van der Waals surface area contributed by atoms with Gasteiger partial charge in [-0.3, -0.25) is 0 Å². The van der Waals surface area contributed by atoms with E-state index < -0.39 is 0 Å². The van der Waals surface area contributed by atoms with Gasteiger partial charge in [-0.25, -0.2) is 0 Å². The van der Waals surface area contributed by atoms with Crippen molar-refractivity contribution in [3.8, 4) is 0 Å². The van der Waals surface area contributed by atoms with Crippen LogP contribution in [0.4, 0.5) is 0 Å². The normalized spacial score (nSPS) is 21.8. The first-order valence-electron chi connectivity index (χ1n) is 6.19. The molecule has 0 fully saturated rings. The summed E-state index contributed by atoms with van der Waals surface area (Å²) in [6.45, 7) is 4.27. The number of hydrogen-bond donors (Lipinski definition) is 1. The van der Waals surface area contributed by atoms with Gasteiger partial charge in [-0.2, -0.15) is 0 Å². The summed E-state index contributed by atoms with van der Waals surface area (Å²) in [5.74, 6) is 0. The van der Waals surface area contributed by atoms with E-state index in [2.05, 4.69) is 32.0 Å². The maximum absolute atomic E-state index is 10.2. The van der Waals surface area contributed by atoms with E-state index in [0.717, 1.165) is 16.7 Å². The lowest BCUT2D eigenvalue weighted by molar-refractivity contribution is 0.0427. The fourth-order valence-electron chi connectivity index (χ4n) is 2.65. The summed E-state index contributed by atoms with van der Waals surface area (Å²) in [5, 5.41) is 11.4. The average molecular weight is 276 g/mol. The third kappa shape index (κ3) is 2.00. The van der Waals surface area contributed by atoms with E-state index >= 15 is 0 Å². The minimum atomic E-state index is -0.246. The van der Waals surface area contributed by atoms with Crippen LogP contribution < -0.4 is 0 Å². The Labute approximate surface area is 116 Å². The van der Waals surface area contributed by atoms with E-state index in [4.69, 9.17) is 12.2 Å². The molecule has 0 spiro atoms. The molecular formula is C15H16OS2. The zero-order valence-corrected chi connectivity index (χ0v) is 12.2. The van der Waals surface area contributed by atoms with Crippen LogP contribution in [0.3, 0.4) is 0 Å². The number of fused-ring (bicyclic) bond motifs is 2. The van der Waals surface area contributed by atoms with Crippen molar-refractivity contribution in [1.82, 2.24) is 0 Å². The molecule has 0 aliphatic heterocycles. The second-order valence-electron chi connectivity index (χ2n) is 5.80. The van der Waals surface area contributed by atoms with Gasteiger partial charge >= 0.3 is 0 Å². The zero-order chi connectivity index (χ0) is 12.9. The summed E-state index contributed by atoms with van der Waals surface area (Å²) in [5.41, 5.74) is 2.63. The number of hydrogen-bond acceptors (Lipinski definition) is 3. The van der Waals surface area contributed by atoms with E-state index in [9.17, 15) is 5.11 Å². The number of benzene rings is 1. The predicted molar refractivity (Wildman–Crippen MR) is 79.9 cm³/mol. The highest BCUT2D eigenvalue weighted by Gasteiger charge is 2.33. The highest BCUT2D eigenvalue weighted by atomic mass is 32.1. The molecule has 1 unspecified atom stereocenters. The Balaban J connectivity index is 2.20.